The number of aliphatic carboxylic acids is 1. The third-order valence-electron chi connectivity index (χ3n) is 1.91. The first-order valence-electron chi connectivity index (χ1n) is 4.04. The third-order valence-corrected chi connectivity index (χ3v) is 2.30. The molecule has 0 spiro atoms. The van der Waals surface area contributed by atoms with Crippen molar-refractivity contribution in [3.05, 3.63) is 16.4 Å². The fraction of sp³-hybridized carbons (Fsp3) is 0.375. The molecular weight excluding hydrogens is 224 g/mol. The molecule has 0 radical (unpaired) electrons. The van der Waals surface area contributed by atoms with Gasteiger partial charge in [-0.3, -0.25) is 9.89 Å². The smallest absolute Gasteiger partial charge is 0.360 e. The minimum Gasteiger partial charge on any atom is -0.481 e. The number of nitrogens with zero attached hydrogens (tertiary/aromatic N) is 1. The topological polar surface area (TPSA) is 92.3 Å². The lowest BCUT2D eigenvalue weighted by Gasteiger charge is -2.02. The van der Waals surface area contributed by atoms with Crippen molar-refractivity contribution < 1.29 is 19.4 Å². The number of halogens is 1. The number of aromatic nitrogens is 2. The van der Waals surface area contributed by atoms with Crippen LogP contribution in [0.4, 0.5) is 0 Å². The van der Waals surface area contributed by atoms with Crippen LogP contribution in [0.25, 0.3) is 0 Å². The highest BCUT2D eigenvalue weighted by atomic mass is 35.5. The van der Waals surface area contributed by atoms with Crippen LogP contribution in [0.2, 0.25) is 5.02 Å². The second kappa shape index (κ2) is 4.31. The van der Waals surface area contributed by atoms with E-state index >= 15 is 0 Å². The van der Waals surface area contributed by atoms with E-state index < -0.39 is 17.9 Å². The highest BCUT2D eigenvalue weighted by molar-refractivity contribution is 6.34. The Hall–Kier alpha value is -1.56. The largest absolute Gasteiger partial charge is 0.481 e. The van der Waals surface area contributed by atoms with Crippen molar-refractivity contribution >= 4 is 23.5 Å². The first kappa shape index (κ1) is 11.5. The zero-order valence-electron chi connectivity index (χ0n) is 8.07. The predicted octanol–water partition coefficient (Wildman–Crippen LogP) is 1.04. The van der Waals surface area contributed by atoms with E-state index in [2.05, 4.69) is 14.9 Å². The molecule has 1 heterocycles. The Morgan fingerprint density at radius 1 is 1.60 bits per heavy atom. The molecule has 1 aromatic rings. The molecule has 0 fully saturated rings. The summed E-state index contributed by atoms with van der Waals surface area (Å²) in [5.74, 6) is -2.62. The van der Waals surface area contributed by atoms with Crippen molar-refractivity contribution in [1.29, 1.82) is 0 Å². The van der Waals surface area contributed by atoms with Crippen LogP contribution >= 0.6 is 11.6 Å². The maximum Gasteiger partial charge on any atom is 0.360 e. The second-order valence-corrected chi connectivity index (χ2v) is 3.23. The molecule has 82 valence electrons. The van der Waals surface area contributed by atoms with Crippen LogP contribution < -0.4 is 0 Å². The fourth-order valence-corrected chi connectivity index (χ4v) is 1.31. The lowest BCUT2D eigenvalue weighted by molar-refractivity contribution is -0.138. The normalized spacial score (nSPS) is 12.2. The fourth-order valence-electron chi connectivity index (χ4n) is 0.984. The van der Waals surface area contributed by atoms with Crippen molar-refractivity contribution in [1.82, 2.24) is 10.2 Å². The number of ether oxygens (including phenoxy) is 1. The number of hydrogen-bond acceptors (Lipinski definition) is 4. The van der Waals surface area contributed by atoms with Gasteiger partial charge in [0.1, 0.15) is 0 Å². The van der Waals surface area contributed by atoms with Crippen LogP contribution in [0.15, 0.2) is 0 Å². The average molecular weight is 233 g/mol. The molecule has 1 unspecified atom stereocenters. The van der Waals surface area contributed by atoms with Gasteiger partial charge in [-0.05, 0) is 6.92 Å². The van der Waals surface area contributed by atoms with Gasteiger partial charge in [0.2, 0.25) is 0 Å². The Bertz CT molecular complexity index is 401. The van der Waals surface area contributed by atoms with Crippen LogP contribution in [0.1, 0.15) is 29.0 Å². The van der Waals surface area contributed by atoms with Crippen LogP contribution in [-0.2, 0) is 9.53 Å². The number of carbonyl (C=O) groups excluding carboxylic acids is 1. The molecule has 0 saturated carbocycles. The molecule has 0 bridgehead atoms. The molecule has 0 amide bonds. The molecule has 0 aromatic carbocycles. The van der Waals surface area contributed by atoms with E-state index in [1.807, 2.05) is 0 Å². The van der Waals surface area contributed by atoms with Crippen molar-refractivity contribution in [2.45, 2.75) is 12.8 Å². The number of carboxylic acids is 1. The Labute approximate surface area is 90.2 Å². The number of rotatable bonds is 3. The summed E-state index contributed by atoms with van der Waals surface area (Å²) in [7, 11) is 1.19. The highest BCUT2D eigenvalue weighted by Gasteiger charge is 2.25. The molecular formula is C8H9ClN2O4. The van der Waals surface area contributed by atoms with Crippen LogP contribution in [0, 0.1) is 0 Å². The number of methoxy groups -OCH3 is 1. The summed E-state index contributed by atoms with van der Waals surface area (Å²) in [6.45, 7) is 1.43. The monoisotopic (exact) mass is 232 g/mol. The average Bonchev–Trinajstić information content (AvgIpc) is 2.57. The van der Waals surface area contributed by atoms with Gasteiger partial charge < -0.3 is 9.84 Å². The molecule has 0 saturated heterocycles. The van der Waals surface area contributed by atoms with Crippen LogP contribution in [0.3, 0.4) is 0 Å². The summed E-state index contributed by atoms with van der Waals surface area (Å²) in [6, 6.07) is 0. The quantitative estimate of drug-likeness (QED) is 0.760. The standard InChI is InChI=1S/C8H9ClN2O4/c1-3(7(12)13)5-4(9)6(11-10-5)8(14)15-2/h3H,1-2H3,(H,10,11)(H,12,13). The molecule has 6 nitrogen and oxygen atoms in total. The van der Waals surface area contributed by atoms with E-state index in [1.165, 1.54) is 14.0 Å². The van der Waals surface area contributed by atoms with Gasteiger partial charge in [-0.25, -0.2) is 4.79 Å². The van der Waals surface area contributed by atoms with Gasteiger partial charge in [0.05, 0.1) is 23.7 Å². The summed E-state index contributed by atoms with van der Waals surface area (Å²) in [4.78, 5) is 21.8. The Morgan fingerprint density at radius 3 is 2.67 bits per heavy atom. The molecule has 0 aliphatic heterocycles. The van der Waals surface area contributed by atoms with Gasteiger partial charge in [0.25, 0.3) is 0 Å². The maximum atomic E-state index is 11.1. The van der Waals surface area contributed by atoms with Crippen LogP contribution in [-0.4, -0.2) is 34.4 Å². The molecule has 0 aliphatic rings. The number of hydrogen-bond donors (Lipinski definition) is 2. The van der Waals surface area contributed by atoms with Gasteiger partial charge in [-0.1, -0.05) is 11.6 Å². The summed E-state index contributed by atoms with van der Waals surface area (Å²) < 4.78 is 4.42. The minimum atomic E-state index is -1.06. The molecule has 1 rings (SSSR count). The number of esters is 1. The van der Waals surface area contributed by atoms with E-state index in [9.17, 15) is 9.59 Å². The zero-order chi connectivity index (χ0) is 11.6. The first-order chi connectivity index (χ1) is 6.99. The lowest BCUT2D eigenvalue weighted by atomic mass is 10.1. The maximum absolute atomic E-state index is 11.1. The molecule has 7 heteroatoms. The van der Waals surface area contributed by atoms with E-state index in [0.717, 1.165) is 0 Å². The zero-order valence-corrected chi connectivity index (χ0v) is 8.83. The summed E-state index contributed by atoms with van der Waals surface area (Å²) in [5.41, 5.74) is 0.0758. The number of carboxylic acid groups (broad SMARTS) is 1. The van der Waals surface area contributed by atoms with E-state index in [-0.39, 0.29) is 16.4 Å². The van der Waals surface area contributed by atoms with Crippen LogP contribution in [0.5, 0.6) is 0 Å². The summed E-state index contributed by atoms with van der Waals surface area (Å²) in [6.07, 6.45) is 0. The Balaban J connectivity index is 3.09. The van der Waals surface area contributed by atoms with Gasteiger partial charge in [0.15, 0.2) is 5.69 Å². The molecule has 2 N–H and O–H groups in total. The molecule has 1 atom stereocenters. The first-order valence-corrected chi connectivity index (χ1v) is 4.41. The minimum absolute atomic E-state index is 0.0169. The highest BCUT2D eigenvalue weighted by Crippen LogP contribution is 2.25. The van der Waals surface area contributed by atoms with Gasteiger partial charge in [-0.2, -0.15) is 5.10 Å². The molecule has 1 aromatic heterocycles. The summed E-state index contributed by atoms with van der Waals surface area (Å²) >= 11 is 5.78. The molecule has 0 aliphatic carbocycles. The third kappa shape index (κ3) is 2.10. The van der Waals surface area contributed by atoms with E-state index in [4.69, 9.17) is 16.7 Å². The second-order valence-electron chi connectivity index (χ2n) is 2.85. The van der Waals surface area contributed by atoms with Crippen molar-refractivity contribution in [3.63, 3.8) is 0 Å². The Morgan fingerprint density at radius 2 is 2.20 bits per heavy atom. The Kier molecular flexibility index (Phi) is 3.31. The molecule has 15 heavy (non-hydrogen) atoms. The van der Waals surface area contributed by atoms with Crippen molar-refractivity contribution in [2.75, 3.05) is 7.11 Å². The van der Waals surface area contributed by atoms with Gasteiger partial charge in [-0.15, -0.1) is 0 Å². The van der Waals surface area contributed by atoms with Crippen molar-refractivity contribution in [3.8, 4) is 0 Å². The lowest BCUT2D eigenvalue weighted by Crippen LogP contribution is -2.08. The van der Waals surface area contributed by atoms with Gasteiger partial charge >= 0.3 is 11.9 Å². The SMILES string of the molecule is COC(=O)c1n[nH]c(C(C)C(=O)O)c1Cl. The number of nitrogens with one attached hydrogen (secondary N) is 1. The summed E-state index contributed by atoms with van der Waals surface area (Å²) in [5, 5.41) is 14.7. The predicted molar refractivity (Wildman–Crippen MR) is 51.0 cm³/mol. The van der Waals surface area contributed by atoms with E-state index in [1.54, 1.807) is 0 Å². The van der Waals surface area contributed by atoms with E-state index in [0.29, 0.717) is 0 Å². The van der Waals surface area contributed by atoms with Gasteiger partial charge in [0, 0.05) is 0 Å². The number of carbonyl (C=O) groups is 2. The number of aromatic amines is 1. The number of H-pyrrole nitrogens is 1. The van der Waals surface area contributed by atoms with Crippen molar-refractivity contribution in [2.24, 2.45) is 0 Å².